The molecular weight excluding hydrogens is 358 g/mol. The van der Waals surface area contributed by atoms with Crippen LogP contribution in [0.2, 0.25) is 0 Å². The third-order valence-electron chi connectivity index (χ3n) is 5.71. The smallest absolute Gasteiger partial charge is 0.208 e. The van der Waals surface area contributed by atoms with Gasteiger partial charge in [0.15, 0.2) is 0 Å². The first-order valence-electron chi connectivity index (χ1n) is 10.5. The van der Waals surface area contributed by atoms with Gasteiger partial charge in [-0.3, -0.25) is 0 Å². The van der Waals surface area contributed by atoms with Crippen molar-refractivity contribution in [3.05, 3.63) is 35.9 Å². The highest BCUT2D eigenvalue weighted by Gasteiger charge is 2.25. The lowest BCUT2D eigenvalue weighted by Crippen LogP contribution is -2.41. The quantitative estimate of drug-likeness (QED) is 0.544. The summed E-state index contributed by atoms with van der Waals surface area (Å²) in [6, 6.07) is 10.7. The van der Waals surface area contributed by atoms with Crippen molar-refractivity contribution < 1.29 is 13.2 Å². The molecule has 1 N–H and O–H groups in total. The number of hydrogen-bond acceptors (Lipinski definition) is 3. The molecule has 1 aromatic carbocycles. The van der Waals surface area contributed by atoms with Gasteiger partial charge in [0.2, 0.25) is 10.0 Å². The van der Waals surface area contributed by atoms with Crippen LogP contribution in [0.5, 0.6) is 0 Å². The molecule has 5 heteroatoms. The van der Waals surface area contributed by atoms with E-state index in [1.165, 1.54) is 24.7 Å². The fraction of sp³-hybridized carbons (Fsp3) is 0.727. The second-order valence-electron chi connectivity index (χ2n) is 8.19. The summed E-state index contributed by atoms with van der Waals surface area (Å²) in [4.78, 5) is 0. The molecule has 1 aliphatic rings. The lowest BCUT2D eigenvalue weighted by Gasteiger charge is -2.31. The van der Waals surface area contributed by atoms with Gasteiger partial charge in [0.05, 0.1) is 19.0 Å². The maximum atomic E-state index is 11.7. The van der Waals surface area contributed by atoms with Gasteiger partial charge >= 0.3 is 0 Å². The Bertz CT molecular complexity index is 624. The minimum atomic E-state index is -3.19. The van der Waals surface area contributed by atoms with Gasteiger partial charge in [-0.05, 0) is 49.5 Å². The number of nitrogens with one attached hydrogen (secondary N) is 1. The molecule has 0 spiro atoms. The summed E-state index contributed by atoms with van der Waals surface area (Å²) in [7, 11) is -3.19. The SMILES string of the molecule is CCCCCC(NS(C)(=O)=O)[C@@H](C)CO[C@H]1CC[C@@H](c2ccccc2)CC1. The Labute approximate surface area is 166 Å². The number of sulfonamides is 1. The molecule has 1 aromatic rings. The topological polar surface area (TPSA) is 55.4 Å². The molecular formula is C22H37NO3S. The Morgan fingerprint density at radius 2 is 1.78 bits per heavy atom. The summed E-state index contributed by atoms with van der Waals surface area (Å²) in [5, 5.41) is 0. The van der Waals surface area contributed by atoms with Crippen molar-refractivity contribution in [1.82, 2.24) is 4.72 Å². The first kappa shape index (κ1) is 22.4. The Morgan fingerprint density at radius 3 is 2.37 bits per heavy atom. The number of ether oxygens (including phenoxy) is 1. The van der Waals surface area contributed by atoms with E-state index in [2.05, 4.69) is 48.9 Å². The van der Waals surface area contributed by atoms with Gasteiger partial charge in [-0.1, -0.05) is 63.4 Å². The fourth-order valence-electron chi connectivity index (χ4n) is 4.04. The van der Waals surface area contributed by atoms with Gasteiger partial charge in [-0.2, -0.15) is 0 Å². The van der Waals surface area contributed by atoms with Gasteiger partial charge in [-0.25, -0.2) is 13.1 Å². The predicted molar refractivity (Wildman–Crippen MR) is 112 cm³/mol. The van der Waals surface area contributed by atoms with E-state index in [0.717, 1.165) is 38.5 Å². The Balaban J connectivity index is 1.78. The van der Waals surface area contributed by atoms with Crippen LogP contribution in [0.15, 0.2) is 30.3 Å². The van der Waals surface area contributed by atoms with Crippen LogP contribution >= 0.6 is 0 Å². The molecule has 4 nitrogen and oxygen atoms in total. The van der Waals surface area contributed by atoms with E-state index >= 15 is 0 Å². The van der Waals surface area contributed by atoms with E-state index in [1.54, 1.807) is 0 Å². The molecule has 0 heterocycles. The monoisotopic (exact) mass is 395 g/mol. The molecule has 0 aliphatic heterocycles. The lowest BCUT2D eigenvalue weighted by molar-refractivity contribution is 0.00203. The van der Waals surface area contributed by atoms with Crippen LogP contribution in [-0.4, -0.2) is 33.4 Å². The van der Waals surface area contributed by atoms with E-state index in [1.807, 2.05) is 0 Å². The molecule has 1 aliphatic carbocycles. The van der Waals surface area contributed by atoms with Gasteiger partial charge in [0, 0.05) is 6.04 Å². The first-order chi connectivity index (χ1) is 12.9. The highest BCUT2D eigenvalue weighted by Crippen LogP contribution is 2.34. The predicted octanol–water partition coefficient (Wildman–Crippen LogP) is 4.86. The van der Waals surface area contributed by atoms with Crippen molar-refractivity contribution in [2.75, 3.05) is 12.9 Å². The molecule has 27 heavy (non-hydrogen) atoms. The molecule has 2 rings (SSSR count). The van der Waals surface area contributed by atoms with Crippen LogP contribution in [0, 0.1) is 5.92 Å². The second-order valence-corrected chi connectivity index (χ2v) is 9.97. The summed E-state index contributed by atoms with van der Waals surface area (Å²) >= 11 is 0. The third-order valence-corrected chi connectivity index (χ3v) is 6.44. The third kappa shape index (κ3) is 8.32. The molecule has 2 atom stereocenters. The number of hydrogen-bond donors (Lipinski definition) is 1. The van der Waals surface area contributed by atoms with E-state index in [0.29, 0.717) is 18.6 Å². The van der Waals surface area contributed by atoms with Crippen LogP contribution in [0.25, 0.3) is 0 Å². The van der Waals surface area contributed by atoms with Crippen molar-refractivity contribution >= 4 is 10.0 Å². The van der Waals surface area contributed by atoms with Crippen LogP contribution in [0.1, 0.15) is 76.7 Å². The van der Waals surface area contributed by atoms with Crippen LogP contribution in [-0.2, 0) is 14.8 Å². The summed E-state index contributed by atoms with van der Waals surface area (Å²) in [5.74, 6) is 0.834. The zero-order valence-corrected chi connectivity index (χ0v) is 18.0. The normalized spacial score (nSPS) is 23.1. The molecule has 1 saturated carbocycles. The van der Waals surface area contributed by atoms with Crippen molar-refractivity contribution in [2.45, 2.75) is 83.3 Å². The van der Waals surface area contributed by atoms with Gasteiger partial charge in [0.25, 0.3) is 0 Å². The van der Waals surface area contributed by atoms with Gasteiger partial charge in [-0.15, -0.1) is 0 Å². The minimum Gasteiger partial charge on any atom is -0.378 e. The maximum Gasteiger partial charge on any atom is 0.208 e. The van der Waals surface area contributed by atoms with Crippen LogP contribution in [0.3, 0.4) is 0 Å². The molecule has 0 amide bonds. The number of unbranched alkanes of at least 4 members (excludes halogenated alkanes) is 2. The van der Waals surface area contributed by atoms with E-state index in [4.69, 9.17) is 4.74 Å². The Morgan fingerprint density at radius 1 is 1.11 bits per heavy atom. The number of benzene rings is 1. The molecule has 0 bridgehead atoms. The Hall–Kier alpha value is -0.910. The van der Waals surface area contributed by atoms with Crippen molar-refractivity contribution in [2.24, 2.45) is 5.92 Å². The largest absolute Gasteiger partial charge is 0.378 e. The molecule has 1 unspecified atom stereocenters. The Kier molecular flexibility index (Phi) is 9.27. The average molecular weight is 396 g/mol. The van der Waals surface area contributed by atoms with Gasteiger partial charge < -0.3 is 4.74 Å². The summed E-state index contributed by atoms with van der Waals surface area (Å²) < 4.78 is 32.4. The summed E-state index contributed by atoms with van der Waals surface area (Å²) in [6.07, 6.45) is 10.3. The van der Waals surface area contributed by atoms with Gasteiger partial charge in [0.1, 0.15) is 0 Å². The maximum absolute atomic E-state index is 11.7. The van der Waals surface area contributed by atoms with Crippen molar-refractivity contribution in [3.63, 3.8) is 0 Å². The van der Waals surface area contributed by atoms with E-state index < -0.39 is 10.0 Å². The van der Waals surface area contributed by atoms with Crippen LogP contribution < -0.4 is 4.72 Å². The molecule has 0 aromatic heterocycles. The van der Waals surface area contributed by atoms with Crippen molar-refractivity contribution in [3.8, 4) is 0 Å². The summed E-state index contributed by atoms with van der Waals surface area (Å²) in [5.41, 5.74) is 1.44. The second kappa shape index (κ2) is 11.2. The molecule has 1 fully saturated rings. The van der Waals surface area contributed by atoms with E-state index in [9.17, 15) is 8.42 Å². The first-order valence-corrected chi connectivity index (χ1v) is 12.4. The zero-order chi connectivity index (χ0) is 19.7. The van der Waals surface area contributed by atoms with Crippen LogP contribution in [0.4, 0.5) is 0 Å². The van der Waals surface area contributed by atoms with Crippen molar-refractivity contribution in [1.29, 1.82) is 0 Å². The minimum absolute atomic E-state index is 0.0350. The summed E-state index contributed by atoms with van der Waals surface area (Å²) in [6.45, 7) is 4.89. The fourth-order valence-corrected chi connectivity index (χ4v) is 4.94. The highest BCUT2D eigenvalue weighted by molar-refractivity contribution is 7.88. The average Bonchev–Trinajstić information content (AvgIpc) is 2.65. The standard InChI is InChI=1S/C22H37NO3S/c1-4-5-7-12-22(23-27(3,24)25)18(2)17-26-21-15-13-20(14-16-21)19-10-8-6-9-11-19/h6,8-11,18,20-23H,4-5,7,12-17H2,1-3H3/t18-,20-,21+,22?/m0/s1. The highest BCUT2D eigenvalue weighted by atomic mass is 32.2. The molecule has 0 saturated heterocycles. The molecule has 154 valence electrons. The number of rotatable bonds is 11. The lowest BCUT2D eigenvalue weighted by atomic mass is 9.83. The zero-order valence-electron chi connectivity index (χ0n) is 17.2. The molecule has 0 radical (unpaired) electrons. The van der Waals surface area contributed by atoms with E-state index in [-0.39, 0.29) is 12.0 Å².